The Kier molecular flexibility index (Phi) is 5.45. The molecule has 0 aliphatic carbocycles. The summed E-state index contributed by atoms with van der Waals surface area (Å²) < 4.78 is 7.31. The fourth-order valence-electron chi connectivity index (χ4n) is 3.35. The number of benzene rings is 1. The van der Waals surface area contributed by atoms with Gasteiger partial charge in [0.1, 0.15) is 5.69 Å². The van der Waals surface area contributed by atoms with E-state index in [-0.39, 0.29) is 18.2 Å². The highest BCUT2D eigenvalue weighted by Gasteiger charge is 2.29. The van der Waals surface area contributed by atoms with Crippen LogP contribution in [0.2, 0.25) is 0 Å². The van der Waals surface area contributed by atoms with Crippen molar-refractivity contribution in [2.45, 2.75) is 51.7 Å². The van der Waals surface area contributed by atoms with Crippen LogP contribution in [-0.2, 0) is 4.74 Å². The van der Waals surface area contributed by atoms with Crippen LogP contribution in [0, 0.1) is 18.3 Å². The van der Waals surface area contributed by atoms with E-state index in [1.165, 1.54) is 0 Å². The molecule has 1 aliphatic heterocycles. The van der Waals surface area contributed by atoms with E-state index in [0.29, 0.717) is 30.9 Å². The molecule has 1 atom stereocenters. The van der Waals surface area contributed by atoms with Gasteiger partial charge >= 0.3 is 0 Å². The molecule has 6 nitrogen and oxygen atoms in total. The number of hydrogen-bond donors (Lipinski definition) is 1. The Morgan fingerprint density at radius 2 is 2.11 bits per heavy atom. The van der Waals surface area contributed by atoms with Gasteiger partial charge < -0.3 is 9.84 Å². The second-order valence-electron chi connectivity index (χ2n) is 7.71. The summed E-state index contributed by atoms with van der Waals surface area (Å²) in [6.45, 7) is 6.52. The molecule has 1 fully saturated rings. The summed E-state index contributed by atoms with van der Waals surface area (Å²) in [4.78, 5) is 13.0. The van der Waals surface area contributed by atoms with Crippen molar-refractivity contribution >= 4 is 5.78 Å². The summed E-state index contributed by atoms with van der Waals surface area (Å²) in [5.74, 6) is -0.0195. The van der Waals surface area contributed by atoms with Crippen LogP contribution in [0.4, 0.5) is 0 Å². The second kappa shape index (κ2) is 7.63. The summed E-state index contributed by atoms with van der Waals surface area (Å²) in [7, 11) is 0. The van der Waals surface area contributed by atoms with Gasteiger partial charge in [0.2, 0.25) is 0 Å². The molecule has 2 aromatic rings. The van der Waals surface area contributed by atoms with Crippen molar-refractivity contribution in [2.24, 2.45) is 0 Å². The minimum Gasteiger partial charge on any atom is -0.390 e. The maximum Gasteiger partial charge on any atom is 0.181 e. The average molecular weight is 367 g/mol. The van der Waals surface area contributed by atoms with Crippen LogP contribution in [0.1, 0.15) is 60.8 Å². The number of aromatic nitrogens is 2. The number of rotatable bonds is 6. The Hall–Kier alpha value is -2.49. The van der Waals surface area contributed by atoms with Crippen LogP contribution in [0.25, 0.3) is 11.3 Å². The Labute approximate surface area is 159 Å². The van der Waals surface area contributed by atoms with Crippen LogP contribution in [0.5, 0.6) is 0 Å². The summed E-state index contributed by atoms with van der Waals surface area (Å²) in [5.41, 5.74) is 2.74. The van der Waals surface area contributed by atoms with Crippen molar-refractivity contribution in [2.75, 3.05) is 13.2 Å². The van der Waals surface area contributed by atoms with Gasteiger partial charge in [-0.05, 0) is 45.7 Å². The number of carbonyl (C=O) groups excluding carboxylic acids is 1. The van der Waals surface area contributed by atoms with E-state index in [4.69, 9.17) is 15.1 Å². The topological polar surface area (TPSA) is 88.1 Å². The SMILES string of the molecule is Cc1c(-c2ccc(C#N)cc2)nn(C2CCOC2)c1C(=O)CCC(C)(C)O. The molecule has 142 valence electrons. The molecule has 1 aromatic carbocycles. The zero-order valence-electron chi connectivity index (χ0n) is 16.0. The third kappa shape index (κ3) is 4.26. The molecule has 0 radical (unpaired) electrons. The van der Waals surface area contributed by atoms with Crippen LogP contribution in [-0.4, -0.2) is 39.5 Å². The fraction of sp³-hybridized carbons (Fsp3) is 0.476. The predicted molar refractivity (Wildman–Crippen MR) is 101 cm³/mol. The first-order chi connectivity index (χ1) is 12.8. The Morgan fingerprint density at radius 3 is 2.67 bits per heavy atom. The summed E-state index contributed by atoms with van der Waals surface area (Å²) in [5, 5.41) is 23.7. The van der Waals surface area contributed by atoms with E-state index >= 15 is 0 Å². The molecule has 6 heteroatoms. The van der Waals surface area contributed by atoms with E-state index in [1.54, 1.807) is 26.0 Å². The smallest absolute Gasteiger partial charge is 0.181 e. The molecular formula is C21H25N3O3. The maximum absolute atomic E-state index is 13.0. The number of carbonyl (C=O) groups is 1. The minimum atomic E-state index is -0.888. The minimum absolute atomic E-state index is 0.0195. The number of ether oxygens (including phenoxy) is 1. The largest absolute Gasteiger partial charge is 0.390 e. The number of nitrogens with zero attached hydrogens (tertiary/aromatic N) is 3. The molecule has 0 amide bonds. The number of nitriles is 1. The van der Waals surface area contributed by atoms with Crippen LogP contribution < -0.4 is 0 Å². The standard InChI is InChI=1S/C21H25N3O3/c1-14-19(16-6-4-15(12-22)5-7-16)23-24(17-9-11-27-13-17)20(14)18(25)8-10-21(2,3)26/h4-7,17,26H,8-11,13H2,1-3H3. The summed E-state index contributed by atoms with van der Waals surface area (Å²) in [6, 6.07) is 9.37. The van der Waals surface area contributed by atoms with Gasteiger partial charge in [0, 0.05) is 24.2 Å². The van der Waals surface area contributed by atoms with Gasteiger partial charge in [-0.15, -0.1) is 0 Å². The van der Waals surface area contributed by atoms with Gasteiger partial charge in [-0.1, -0.05) is 12.1 Å². The van der Waals surface area contributed by atoms with Gasteiger partial charge in [0.05, 0.1) is 35.6 Å². The highest BCUT2D eigenvalue weighted by Crippen LogP contribution is 2.31. The molecule has 0 saturated carbocycles. The third-order valence-corrected chi connectivity index (χ3v) is 4.91. The molecule has 1 aromatic heterocycles. The van der Waals surface area contributed by atoms with E-state index < -0.39 is 5.60 Å². The average Bonchev–Trinajstić information content (AvgIpc) is 3.27. The third-order valence-electron chi connectivity index (χ3n) is 4.91. The Bertz CT molecular complexity index is 864. The molecule has 0 bridgehead atoms. The molecule has 1 N–H and O–H groups in total. The molecule has 2 heterocycles. The lowest BCUT2D eigenvalue weighted by Gasteiger charge is -2.17. The number of Topliss-reactive ketones (excluding diaryl/α,β-unsaturated/α-hetero) is 1. The van der Waals surface area contributed by atoms with Crippen molar-refractivity contribution < 1.29 is 14.6 Å². The summed E-state index contributed by atoms with van der Waals surface area (Å²) in [6.07, 6.45) is 1.47. The first-order valence-corrected chi connectivity index (χ1v) is 9.23. The highest BCUT2D eigenvalue weighted by atomic mass is 16.5. The molecule has 1 saturated heterocycles. The normalized spacial score (nSPS) is 17.1. The number of aliphatic hydroxyl groups is 1. The van der Waals surface area contributed by atoms with Crippen LogP contribution >= 0.6 is 0 Å². The fourth-order valence-corrected chi connectivity index (χ4v) is 3.35. The lowest BCUT2D eigenvalue weighted by Crippen LogP contribution is -2.22. The molecule has 0 spiro atoms. The van der Waals surface area contributed by atoms with Gasteiger partial charge in [-0.2, -0.15) is 10.4 Å². The van der Waals surface area contributed by atoms with Crippen molar-refractivity contribution in [3.8, 4) is 17.3 Å². The first kappa shape index (κ1) is 19.3. The Morgan fingerprint density at radius 1 is 1.41 bits per heavy atom. The zero-order chi connectivity index (χ0) is 19.6. The van der Waals surface area contributed by atoms with Crippen LogP contribution in [0.3, 0.4) is 0 Å². The van der Waals surface area contributed by atoms with Crippen molar-refractivity contribution in [1.82, 2.24) is 9.78 Å². The zero-order valence-corrected chi connectivity index (χ0v) is 16.0. The molecule has 3 rings (SSSR count). The molecule has 1 unspecified atom stereocenters. The predicted octanol–water partition coefficient (Wildman–Crippen LogP) is 3.43. The number of hydrogen-bond acceptors (Lipinski definition) is 5. The number of ketones is 1. The highest BCUT2D eigenvalue weighted by molar-refractivity contribution is 5.97. The van der Waals surface area contributed by atoms with Gasteiger partial charge in [-0.25, -0.2) is 0 Å². The second-order valence-corrected chi connectivity index (χ2v) is 7.71. The monoisotopic (exact) mass is 367 g/mol. The molecule has 27 heavy (non-hydrogen) atoms. The Balaban J connectivity index is 2.00. The summed E-state index contributed by atoms with van der Waals surface area (Å²) >= 11 is 0. The lowest BCUT2D eigenvalue weighted by molar-refractivity contribution is 0.0628. The first-order valence-electron chi connectivity index (χ1n) is 9.23. The van der Waals surface area contributed by atoms with Gasteiger partial charge in [-0.3, -0.25) is 9.48 Å². The quantitative estimate of drug-likeness (QED) is 0.790. The van der Waals surface area contributed by atoms with Crippen molar-refractivity contribution in [3.05, 3.63) is 41.1 Å². The lowest BCUT2D eigenvalue weighted by atomic mass is 9.97. The van der Waals surface area contributed by atoms with Gasteiger partial charge in [0.25, 0.3) is 0 Å². The van der Waals surface area contributed by atoms with Crippen molar-refractivity contribution in [1.29, 1.82) is 5.26 Å². The molecular weight excluding hydrogens is 342 g/mol. The van der Waals surface area contributed by atoms with E-state index in [1.807, 2.05) is 23.7 Å². The molecule has 1 aliphatic rings. The van der Waals surface area contributed by atoms with Gasteiger partial charge in [0.15, 0.2) is 5.78 Å². The van der Waals surface area contributed by atoms with E-state index in [9.17, 15) is 9.90 Å². The van der Waals surface area contributed by atoms with E-state index in [0.717, 1.165) is 23.2 Å². The van der Waals surface area contributed by atoms with E-state index in [2.05, 4.69) is 6.07 Å². The van der Waals surface area contributed by atoms with Crippen LogP contribution in [0.15, 0.2) is 24.3 Å². The maximum atomic E-state index is 13.0. The van der Waals surface area contributed by atoms with Crippen molar-refractivity contribution in [3.63, 3.8) is 0 Å².